The second-order valence-electron chi connectivity index (χ2n) is 7.60. The number of carboxylic acid groups (broad SMARTS) is 1. The van der Waals surface area contributed by atoms with Crippen LogP contribution in [0.5, 0.6) is 0 Å². The Balaban J connectivity index is 0.000000184. The Bertz CT molecular complexity index is 1250. The molecule has 0 aliphatic rings. The number of methoxy groups -OCH3 is 1. The smallest absolute Gasteiger partial charge is 0.356 e. The summed E-state index contributed by atoms with van der Waals surface area (Å²) < 4.78 is 6.09. The van der Waals surface area contributed by atoms with Gasteiger partial charge in [0.25, 0.3) is 0 Å². The molecular formula is C29H30N3O3P. The van der Waals surface area contributed by atoms with Gasteiger partial charge in [-0.15, -0.1) is 0 Å². The summed E-state index contributed by atoms with van der Waals surface area (Å²) in [5, 5.41) is 16.9. The number of hydrogen-bond donors (Lipinski definition) is 1. The summed E-state index contributed by atoms with van der Waals surface area (Å²) in [4.78, 5) is 14.4. The third kappa shape index (κ3) is 7.08. The largest absolute Gasteiger partial charge is 0.476 e. The van der Waals surface area contributed by atoms with Crippen LogP contribution < -0.4 is 15.9 Å². The molecule has 2 aromatic heterocycles. The maximum absolute atomic E-state index is 10.7. The predicted octanol–water partition coefficient (Wildman–Crippen LogP) is 4.83. The van der Waals surface area contributed by atoms with Crippen molar-refractivity contribution >= 4 is 35.3 Å². The summed E-state index contributed by atoms with van der Waals surface area (Å²) >= 11 is 0. The standard InChI is InChI=1S/C18H15P.C8H7N3O2.C3H8O/c1-4-10-16(11-5-1)19(17-12-6-2-7-13-17)18-14-8-3-9-15-18;1-5-2-3-6-7(8(12)13)9-4-10-11(5)6;1-3-4-2/h1-15H;2-4H,1H3,(H,12,13);3H2,1-2H3. The minimum atomic E-state index is -1.04. The molecule has 0 amide bonds. The highest BCUT2D eigenvalue weighted by Crippen LogP contribution is 2.32. The first-order chi connectivity index (χ1) is 17.6. The Morgan fingerprint density at radius 1 is 0.833 bits per heavy atom. The molecule has 36 heavy (non-hydrogen) atoms. The zero-order valence-corrected chi connectivity index (χ0v) is 21.5. The van der Waals surface area contributed by atoms with E-state index in [9.17, 15) is 4.79 Å². The molecule has 0 radical (unpaired) electrons. The molecule has 0 aliphatic heterocycles. The Kier molecular flexibility index (Phi) is 10.3. The number of rotatable bonds is 5. The van der Waals surface area contributed by atoms with Gasteiger partial charge in [-0.05, 0) is 49.8 Å². The van der Waals surface area contributed by atoms with Crippen LogP contribution in [0.1, 0.15) is 23.1 Å². The van der Waals surface area contributed by atoms with Crippen molar-refractivity contribution in [3.63, 3.8) is 0 Å². The summed E-state index contributed by atoms with van der Waals surface area (Å²) in [7, 11) is 1.23. The Morgan fingerprint density at radius 3 is 1.67 bits per heavy atom. The average molecular weight is 500 g/mol. The third-order valence-corrected chi connectivity index (χ3v) is 7.62. The molecule has 0 saturated heterocycles. The van der Waals surface area contributed by atoms with Crippen LogP contribution in [0, 0.1) is 6.92 Å². The van der Waals surface area contributed by atoms with Gasteiger partial charge < -0.3 is 9.84 Å². The first-order valence-electron chi connectivity index (χ1n) is 11.5. The van der Waals surface area contributed by atoms with Gasteiger partial charge in [0.05, 0.1) is 5.52 Å². The molecule has 0 saturated carbocycles. The molecule has 184 valence electrons. The van der Waals surface area contributed by atoms with E-state index in [1.54, 1.807) is 23.8 Å². The lowest BCUT2D eigenvalue weighted by Crippen LogP contribution is -2.20. The van der Waals surface area contributed by atoms with Crippen molar-refractivity contribution in [3.05, 3.63) is 121 Å². The second-order valence-corrected chi connectivity index (χ2v) is 9.82. The van der Waals surface area contributed by atoms with Crippen molar-refractivity contribution < 1.29 is 14.6 Å². The first kappa shape index (κ1) is 26.7. The molecule has 5 aromatic rings. The molecule has 2 heterocycles. The number of carbonyl (C=O) groups is 1. The van der Waals surface area contributed by atoms with E-state index in [0.717, 1.165) is 12.3 Å². The molecule has 1 N–H and O–H groups in total. The fraction of sp³-hybridized carbons (Fsp3) is 0.138. The van der Waals surface area contributed by atoms with Gasteiger partial charge in [0.2, 0.25) is 0 Å². The summed E-state index contributed by atoms with van der Waals surface area (Å²) in [5.41, 5.74) is 1.44. The average Bonchev–Trinajstić information content (AvgIpc) is 3.32. The normalized spacial score (nSPS) is 10.2. The SMILES string of the molecule is CCOC.Cc1ccc2c(C(=O)O)ncnn12.c1ccc(P(c2ccccc2)c2ccccc2)cc1. The molecule has 7 heteroatoms. The number of ether oxygens (including phenoxy) is 1. The van der Waals surface area contributed by atoms with Crippen molar-refractivity contribution in [2.75, 3.05) is 13.7 Å². The van der Waals surface area contributed by atoms with E-state index in [2.05, 4.69) is 106 Å². The van der Waals surface area contributed by atoms with Gasteiger partial charge in [0.15, 0.2) is 5.69 Å². The van der Waals surface area contributed by atoms with Crippen molar-refractivity contribution in [2.24, 2.45) is 0 Å². The van der Waals surface area contributed by atoms with Crippen LogP contribution in [0.2, 0.25) is 0 Å². The van der Waals surface area contributed by atoms with Crippen LogP contribution in [0.4, 0.5) is 0 Å². The van der Waals surface area contributed by atoms with E-state index >= 15 is 0 Å². The molecule has 0 fully saturated rings. The van der Waals surface area contributed by atoms with Gasteiger partial charge in [-0.25, -0.2) is 14.3 Å². The van der Waals surface area contributed by atoms with Gasteiger partial charge in [-0.2, -0.15) is 5.10 Å². The molecular weight excluding hydrogens is 469 g/mol. The number of nitrogens with zero attached hydrogens (tertiary/aromatic N) is 3. The van der Waals surface area contributed by atoms with Gasteiger partial charge in [0, 0.05) is 19.4 Å². The predicted molar refractivity (Wildman–Crippen MR) is 147 cm³/mol. The van der Waals surface area contributed by atoms with Crippen LogP contribution in [0.25, 0.3) is 5.52 Å². The Labute approximate surface area is 213 Å². The molecule has 0 unspecified atom stereocenters. The zero-order chi connectivity index (χ0) is 25.8. The lowest BCUT2D eigenvalue weighted by molar-refractivity contribution is 0.0692. The van der Waals surface area contributed by atoms with Crippen molar-refractivity contribution in [3.8, 4) is 0 Å². The number of aromatic nitrogens is 3. The van der Waals surface area contributed by atoms with Gasteiger partial charge >= 0.3 is 5.97 Å². The van der Waals surface area contributed by atoms with Crippen LogP contribution >= 0.6 is 7.92 Å². The number of aromatic carboxylic acids is 1. The van der Waals surface area contributed by atoms with Crippen LogP contribution in [-0.4, -0.2) is 39.4 Å². The van der Waals surface area contributed by atoms with Crippen molar-refractivity contribution in [1.29, 1.82) is 0 Å². The van der Waals surface area contributed by atoms with E-state index in [4.69, 9.17) is 5.11 Å². The Morgan fingerprint density at radius 2 is 1.28 bits per heavy atom. The van der Waals surface area contributed by atoms with Crippen LogP contribution in [-0.2, 0) is 4.74 Å². The lowest BCUT2D eigenvalue weighted by atomic mass is 10.4. The fourth-order valence-corrected chi connectivity index (χ4v) is 5.71. The number of fused-ring (bicyclic) bond motifs is 1. The quantitative estimate of drug-likeness (QED) is 0.351. The number of carboxylic acids is 1. The molecule has 0 atom stereocenters. The number of benzene rings is 3. The maximum Gasteiger partial charge on any atom is 0.356 e. The van der Waals surface area contributed by atoms with E-state index in [1.807, 2.05) is 13.8 Å². The van der Waals surface area contributed by atoms with E-state index in [0.29, 0.717) is 5.52 Å². The molecule has 0 bridgehead atoms. The van der Waals surface area contributed by atoms with E-state index < -0.39 is 13.9 Å². The van der Waals surface area contributed by atoms with Gasteiger partial charge in [-0.1, -0.05) is 91.0 Å². The maximum atomic E-state index is 10.7. The first-order valence-corrected chi connectivity index (χ1v) is 12.9. The van der Waals surface area contributed by atoms with Crippen molar-refractivity contribution in [1.82, 2.24) is 14.6 Å². The highest BCUT2D eigenvalue weighted by molar-refractivity contribution is 7.79. The zero-order valence-electron chi connectivity index (χ0n) is 20.7. The molecule has 3 aromatic carbocycles. The summed E-state index contributed by atoms with van der Waals surface area (Å²) in [6.45, 7) is 4.63. The topological polar surface area (TPSA) is 76.7 Å². The van der Waals surface area contributed by atoms with Crippen LogP contribution in [0.15, 0.2) is 109 Å². The third-order valence-electron chi connectivity index (χ3n) is 5.18. The van der Waals surface area contributed by atoms with Gasteiger partial charge in [-0.3, -0.25) is 0 Å². The fourth-order valence-electron chi connectivity index (χ4n) is 3.41. The Hall–Kier alpha value is -3.86. The monoisotopic (exact) mass is 499 g/mol. The lowest BCUT2D eigenvalue weighted by Gasteiger charge is -2.18. The van der Waals surface area contributed by atoms with E-state index in [1.165, 1.54) is 22.2 Å². The summed E-state index contributed by atoms with van der Waals surface area (Å²) in [6, 6.07) is 35.8. The van der Waals surface area contributed by atoms with Gasteiger partial charge in [0.1, 0.15) is 6.33 Å². The molecule has 0 spiro atoms. The molecule has 0 aliphatic carbocycles. The van der Waals surface area contributed by atoms with Crippen molar-refractivity contribution in [2.45, 2.75) is 13.8 Å². The summed E-state index contributed by atoms with van der Waals surface area (Å²) in [5.74, 6) is -1.04. The minimum absolute atomic E-state index is 0.0306. The van der Waals surface area contributed by atoms with E-state index in [-0.39, 0.29) is 5.69 Å². The number of aryl methyl sites for hydroxylation is 1. The summed E-state index contributed by atoms with van der Waals surface area (Å²) in [6.07, 6.45) is 1.24. The highest BCUT2D eigenvalue weighted by Gasteiger charge is 2.15. The second kappa shape index (κ2) is 13.9. The number of hydrogen-bond acceptors (Lipinski definition) is 4. The molecule has 6 nitrogen and oxygen atoms in total. The highest BCUT2D eigenvalue weighted by atomic mass is 31.1. The molecule has 5 rings (SSSR count). The van der Waals surface area contributed by atoms with Crippen LogP contribution in [0.3, 0.4) is 0 Å². The minimum Gasteiger partial charge on any atom is -0.476 e.